The number of carbonyl (C=O) groups is 1. The van der Waals surface area contributed by atoms with Gasteiger partial charge in [-0.25, -0.2) is 9.79 Å². The Kier molecular flexibility index (Phi) is 5.76. The van der Waals surface area contributed by atoms with Gasteiger partial charge in [0, 0.05) is 67.7 Å². The van der Waals surface area contributed by atoms with Crippen LogP contribution in [-0.4, -0.2) is 63.4 Å². The first-order chi connectivity index (χ1) is 14.6. The molecule has 0 bridgehead atoms. The van der Waals surface area contributed by atoms with Crippen LogP contribution in [0.2, 0.25) is 0 Å². The Morgan fingerprint density at radius 1 is 1.43 bits per heavy atom. The lowest BCUT2D eigenvalue weighted by molar-refractivity contribution is -0.000361. The van der Waals surface area contributed by atoms with E-state index in [-0.39, 0.29) is 11.4 Å². The maximum atomic E-state index is 12.9. The summed E-state index contributed by atoms with van der Waals surface area (Å²) in [6, 6.07) is 3.71. The first kappa shape index (κ1) is 20.4. The zero-order valence-corrected chi connectivity index (χ0v) is 17.6. The number of benzene rings is 1. The summed E-state index contributed by atoms with van der Waals surface area (Å²) in [7, 11) is 3.33. The molecule has 1 aromatic rings. The van der Waals surface area contributed by atoms with E-state index in [1.54, 1.807) is 20.4 Å². The standard InChI is InChI=1S/C22H29N5O3/c1-24-12-15(11-23)16-4-5-18(29-2)17-10-19(25-20(16)17)26-21(28)27-8-7-22(13-27)6-3-9-30-14-22/h4-5,11-12H,3,6-10,13-14,23H2,1-2H3,(H,25,26,28)/t22-/m0/s1. The molecule has 0 aliphatic carbocycles. The number of amidine groups is 1. The predicted molar refractivity (Wildman–Crippen MR) is 118 cm³/mol. The minimum atomic E-state index is -0.103. The molecule has 1 spiro atoms. The normalized spacial score (nSPS) is 23.7. The van der Waals surface area contributed by atoms with Gasteiger partial charge >= 0.3 is 6.03 Å². The second kappa shape index (κ2) is 8.47. The highest BCUT2D eigenvalue weighted by molar-refractivity contribution is 6.13. The minimum Gasteiger partial charge on any atom is -0.496 e. The molecule has 3 heterocycles. The number of ether oxygens (including phenoxy) is 2. The summed E-state index contributed by atoms with van der Waals surface area (Å²) < 4.78 is 11.2. The number of methoxy groups -OCH3 is 1. The summed E-state index contributed by atoms with van der Waals surface area (Å²) in [6.07, 6.45) is 6.89. The largest absolute Gasteiger partial charge is 0.496 e. The van der Waals surface area contributed by atoms with Gasteiger partial charge in [0.2, 0.25) is 0 Å². The van der Waals surface area contributed by atoms with Crippen LogP contribution in [0.1, 0.15) is 30.4 Å². The topological polar surface area (TPSA) is 102 Å². The van der Waals surface area contributed by atoms with Crippen molar-refractivity contribution in [2.24, 2.45) is 21.1 Å². The Morgan fingerprint density at radius 2 is 2.30 bits per heavy atom. The van der Waals surface area contributed by atoms with Crippen molar-refractivity contribution in [1.82, 2.24) is 10.2 Å². The third-order valence-electron chi connectivity index (χ3n) is 6.19. The van der Waals surface area contributed by atoms with Crippen LogP contribution in [0.5, 0.6) is 5.75 Å². The number of fused-ring (bicyclic) bond motifs is 1. The van der Waals surface area contributed by atoms with Gasteiger partial charge in [-0.15, -0.1) is 0 Å². The second-order valence-electron chi connectivity index (χ2n) is 8.14. The molecule has 0 unspecified atom stereocenters. The van der Waals surface area contributed by atoms with Gasteiger partial charge in [-0.2, -0.15) is 0 Å². The first-order valence-corrected chi connectivity index (χ1v) is 10.3. The molecule has 0 saturated carbocycles. The highest BCUT2D eigenvalue weighted by Crippen LogP contribution is 2.40. The highest BCUT2D eigenvalue weighted by Gasteiger charge is 2.41. The molecule has 8 nitrogen and oxygen atoms in total. The maximum absolute atomic E-state index is 12.9. The molecular weight excluding hydrogens is 382 g/mol. The molecule has 0 radical (unpaired) electrons. The molecule has 30 heavy (non-hydrogen) atoms. The predicted octanol–water partition coefficient (Wildman–Crippen LogP) is 2.49. The van der Waals surface area contributed by atoms with E-state index in [1.165, 1.54) is 6.20 Å². The molecule has 2 saturated heterocycles. The van der Waals surface area contributed by atoms with Crippen molar-refractivity contribution in [2.75, 3.05) is 40.5 Å². The number of hydrogen-bond donors (Lipinski definition) is 2. The Hall–Kier alpha value is -2.87. The molecule has 3 N–H and O–H groups in total. The number of aliphatic imine (C=N–C) groups is 2. The molecule has 2 amide bonds. The third kappa shape index (κ3) is 3.79. The Labute approximate surface area is 176 Å². The van der Waals surface area contributed by atoms with Crippen LogP contribution in [0.4, 0.5) is 10.5 Å². The van der Waals surface area contributed by atoms with Crippen molar-refractivity contribution in [3.8, 4) is 5.75 Å². The number of hydrogen-bond acceptors (Lipinski definition) is 6. The van der Waals surface area contributed by atoms with Crippen LogP contribution >= 0.6 is 0 Å². The smallest absolute Gasteiger partial charge is 0.322 e. The number of amides is 2. The van der Waals surface area contributed by atoms with Crippen molar-refractivity contribution in [3.05, 3.63) is 29.5 Å². The lowest BCUT2D eigenvalue weighted by Crippen LogP contribution is -2.44. The molecule has 3 aliphatic rings. The average molecular weight is 412 g/mol. The van der Waals surface area contributed by atoms with Gasteiger partial charge in [-0.1, -0.05) is 0 Å². The van der Waals surface area contributed by atoms with Gasteiger partial charge in [0.1, 0.15) is 11.6 Å². The van der Waals surface area contributed by atoms with Gasteiger partial charge in [-0.05, 0) is 31.4 Å². The van der Waals surface area contributed by atoms with Crippen LogP contribution < -0.4 is 15.8 Å². The number of nitrogens with one attached hydrogen (secondary N) is 1. The van der Waals surface area contributed by atoms with Gasteiger partial charge in [0.05, 0.1) is 19.4 Å². The first-order valence-electron chi connectivity index (χ1n) is 10.3. The molecule has 0 aromatic heterocycles. The van der Waals surface area contributed by atoms with E-state index in [4.69, 9.17) is 20.2 Å². The molecule has 2 fully saturated rings. The van der Waals surface area contributed by atoms with Crippen LogP contribution in [0.25, 0.3) is 5.57 Å². The lowest BCUT2D eigenvalue weighted by Gasteiger charge is -2.32. The summed E-state index contributed by atoms with van der Waals surface area (Å²) in [5.74, 6) is 1.36. The quantitative estimate of drug-likeness (QED) is 0.746. The van der Waals surface area contributed by atoms with Gasteiger partial charge in [0.25, 0.3) is 0 Å². The van der Waals surface area contributed by atoms with Gasteiger partial charge in [-0.3, -0.25) is 10.3 Å². The molecule has 160 valence electrons. The van der Waals surface area contributed by atoms with Crippen LogP contribution in [0.15, 0.2) is 28.3 Å². The Morgan fingerprint density at radius 3 is 3.00 bits per heavy atom. The molecule has 1 aromatic carbocycles. The van der Waals surface area contributed by atoms with Crippen molar-refractivity contribution in [3.63, 3.8) is 0 Å². The van der Waals surface area contributed by atoms with Crippen LogP contribution in [0, 0.1) is 5.41 Å². The van der Waals surface area contributed by atoms with E-state index in [2.05, 4.69) is 10.3 Å². The summed E-state index contributed by atoms with van der Waals surface area (Å²) in [5.41, 5.74) is 9.25. The monoisotopic (exact) mass is 411 g/mol. The fraction of sp³-hybridized carbons (Fsp3) is 0.500. The van der Waals surface area contributed by atoms with E-state index in [0.717, 1.165) is 73.7 Å². The highest BCUT2D eigenvalue weighted by atomic mass is 16.5. The number of likely N-dealkylation sites (tertiary alicyclic amines) is 1. The van der Waals surface area contributed by atoms with E-state index in [9.17, 15) is 4.79 Å². The number of rotatable bonds is 3. The fourth-order valence-electron chi connectivity index (χ4n) is 4.64. The summed E-state index contributed by atoms with van der Waals surface area (Å²) in [4.78, 5) is 23.6. The van der Waals surface area contributed by atoms with Crippen molar-refractivity contribution in [2.45, 2.75) is 25.7 Å². The maximum Gasteiger partial charge on any atom is 0.322 e. The number of carbonyl (C=O) groups excluding carboxylic acids is 1. The van der Waals surface area contributed by atoms with Crippen molar-refractivity contribution >= 4 is 29.3 Å². The van der Waals surface area contributed by atoms with E-state index in [0.29, 0.717) is 12.3 Å². The molecule has 8 heteroatoms. The zero-order chi connectivity index (χ0) is 21.1. The second-order valence-corrected chi connectivity index (χ2v) is 8.14. The SMILES string of the molecule is CN=CC(=CN)c1ccc(OC)c2c1N=C(NC(=O)N1CC[C@@]3(CCCOC3)C1)C2. The molecular formula is C22H29N5O3. The lowest BCUT2D eigenvalue weighted by atomic mass is 9.82. The number of nitrogens with two attached hydrogens (primary N) is 1. The molecule has 3 aliphatic heterocycles. The van der Waals surface area contributed by atoms with E-state index >= 15 is 0 Å². The van der Waals surface area contributed by atoms with Gasteiger partial charge < -0.3 is 20.1 Å². The minimum absolute atomic E-state index is 0.103. The van der Waals surface area contributed by atoms with Crippen molar-refractivity contribution < 1.29 is 14.3 Å². The number of allylic oxidation sites excluding steroid dienone is 1. The van der Waals surface area contributed by atoms with Gasteiger partial charge in [0.15, 0.2) is 0 Å². The zero-order valence-electron chi connectivity index (χ0n) is 17.6. The Bertz CT molecular complexity index is 916. The number of nitrogens with zero attached hydrogens (tertiary/aromatic N) is 3. The summed E-state index contributed by atoms with van der Waals surface area (Å²) >= 11 is 0. The number of urea groups is 1. The van der Waals surface area contributed by atoms with E-state index in [1.807, 2.05) is 17.0 Å². The Balaban J connectivity index is 1.52. The third-order valence-corrected chi connectivity index (χ3v) is 6.19. The summed E-state index contributed by atoms with van der Waals surface area (Å²) in [5, 5.41) is 3.01. The summed E-state index contributed by atoms with van der Waals surface area (Å²) in [6.45, 7) is 3.06. The molecule has 4 rings (SSSR count). The van der Waals surface area contributed by atoms with Crippen LogP contribution in [-0.2, 0) is 11.2 Å². The molecule has 1 atom stereocenters. The average Bonchev–Trinajstić information content (AvgIpc) is 3.36. The van der Waals surface area contributed by atoms with Crippen molar-refractivity contribution in [1.29, 1.82) is 0 Å². The van der Waals surface area contributed by atoms with E-state index < -0.39 is 0 Å². The fourth-order valence-corrected chi connectivity index (χ4v) is 4.64. The van der Waals surface area contributed by atoms with Crippen LogP contribution in [0.3, 0.4) is 0 Å².